The van der Waals surface area contributed by atoms with Crippen molar-refractivity contribution in [2.75, 3.05) is 53.0 Å². The highest BCUT2D eigenvalue weighted by Crippen LogP contribution is 2.36. The predicted octanol–water partition coefficient (Wildman–Crippen LogP) is 4.99. The van der Waals surface area contributed by atoms with Crippen molar-refractivity contribution in [2.24, 2.45) is 5.92 Å². The van der Waals surface area contributed by atoms with Crippen LogP contribution in [-0.4, -0.2) is 67.9 Å². The number of ether oxygens (including phenoxy) is 2. The lowest BCUT2D eigenvalue weighted by atomic mass is 9.81. The number of rotatable bonds is 9. The molecular weight excluding hydrogens is 486 g/mol. The van der Waals surface area contributed by atoms with Gasteiger partial charge in [-0.05, 0) is 71.5 Å². The highest BCUT2D eigenvalue weighted by Gasteiger charge is 2.30. The first kappa shape index (κ1) is 26.8. The standard InChI is InChI=1S/C31H36F2N2O3/c1-37-28-12-13-29-24(20-28)2-3-25(30(29)36)21-35-16-14-34(15-17-35)18-19-38-31(22-4-8-26(32)9-5-22)23-6-10-27(33)11-7-23/h4-13,20,25,30-31,36H,2-3,14-19,21H2,1H3/t25-,30+/m0/s1. The molecule has 0 saturated carbocycles. The molecule has 1 heterocycles. The first-order chi connectivity index (χ1) is 18.5. The maximum absolute atomic E-state index is 13.5. The fourth-order valence-electron chi connectivity index (χ4n) is 5.64. The number of hydrogen-bond acceptors (Lipinski definition) is 5. The first-order valence-corrected chi connectivity index (χ1v) is 13.4. The molecule has 2 atom stereocenters. The Bertz CT molecular complexity index is 1140. The lowest BCUT2D eigenvalue weighted by Gasteiger charge is -2.39. The second-order valence-corrected chi connectivity index (χ2v) is 10.3. The highest BCUT2D eigenvalue weighted by molar-refractivity contribution is 5.39. The molecule has 38 heavy (non-hydrogen) atoms. The normalized spacial score (nSPS) is 20.4. The topological polar surface area (TPSA) is 45.2 Å². The van der Waals surface area contributed by atoms with Crippen LogP contribution in [-0.2, 0) is 11.2 Å². The molecular formula is C31H36F2N2O3. The van der Waals surface area contributed by atoms with Crippen LogP contribution in [0.3, 0.4) is 0 Å². The summed E-state index contributed by atoms with van der Waals surface area (Å²) in [6.45, 7) is 5.99. The second kappa shape index (κ2) is 12.3. The summed E-state index contributed by atoms with van der Waals surface area (Å²) in [5.41, 5.74) is 3.91. The largest absolute Gasteiger partial charge is 0.497 e. The van der Waals surface area contributed by atoms with Crippen LogP contribution in [0.4, 0.5) is 8.78 Å². The summed E-state index contributed by atoms with van der Waals surface area (Å²) in [6, 6.07) is 18.6. The lowest BCUT2D eigenvalue weighted by molar-refractivity contribution is 0.0285. The van der Waals surface area contributed by atoms with Crippen molar-refractivity contribution < 1.29 is 23.4 Å². The highest BCUT2D eigenvalue weighted by atomic mass is 19.1. The van der Waals surface area contributed by atoms with E-state index in [2.05, 4.69) is 9.80 Å². The van der Waals surface area contributed by atoms with Gasteiger partial charge in [-0.3, -0.25) is 4.90 Å². The number of fused-ring (bicyclic) bond motifs is 1. The molecule has 1 saturated heterocycles. The van der Waals surface area contributed by atoms with Gasteiger partial charge in [-0.25, -0.2) is 8.78 Å². The summed E-state index contributed by atoms with van der Waals surface area (Å²) in [7, 11) is 1.67. The van der Waals surface area contributed by atoms with Crippen LogP contribution in [0, 0.1) is 17.6 Å². The van der Waals surface area contributed by atoms with E-state index in [0.717, 1.165) is 74.6 Å². The van der Waals surface area contributed by atoms with Crippen LogP contribution in [0.2, 0.25) is 0 Å². The molecule has 1 N–H and O–H groups in total. The Kier molecular flexibility index (Phi) is 8.69. The number of aliphatic hydroxyl groups is 1. The molecule has 0 bridgehead atoms. The minimum atomic E-state index is -0.439. The van der Waals surface area contributed by atoms with Crippen molar-refractivity contribution in [2.45, 2.75) is 25.0 Å². The van der Waals surface area contributed by atoms with Gasteiger partial charge in [0.05, 0.1) is 19.8 Å². The number of benzene rings is 3. The maximum atomic E-state index is 13.5. The Balaban J connectivity index is 1.11. The van der Waals surface area contributed by atoms with Crippen molar-refractivity contribution >= 4 is 0 Å². The fraction of sp³-hybridized carbons (Fsp3) is 0.419. The van der Waals surface area contributed by atoms with E-state index in [1.807, 2.05) is 18.2 Å². The maximum Gasteiger partial charge on any atom is 0.123 e. The van der Waals surface area contributed by atoms with Gasteiger partial charge in [-0.2, -0.15) is 0 Å². The molecule has 1 fully saturated rings. The molecule has 7 heteroatoms. The molecule has 1 aliphatic carbocycles. The van der Waals surface area contributed by atoms with E-state index < -0.39 is 6.10 Å². The molecule has 0 amide bonds. The Morgan fingerprint density at radius 1 is 0.868 bits per heavy atom. The minimum absolute atomic E-state index is 0.234. The number of hydrogen-bond donors (Lipinski definition) is 1. The van der Waals surface area contributed by atoms with E-state index >= 15 is 0 Å². The Labute approximate surface area is 223 Å². The van der Waals surface area contributed by atoms with E-state index in [4.69, 9.17) is 9.47 Å². The van der Waals surface area contributed by atoms with Gasteiger partial charge in [-0.15, -0.1) is 0 Å². The zero-order valence-corrected chi connectivity index (χ0v) is 21.9. The van der Waals surface area contributed by atoms with E-state index in [1.165, 1.54) is 29.8 Å². The van der Waals surface area contributed by atoms with Crippen molar-refractivity contribution in [3.63, 3.8) is 0 Å². The van der Waals surface area contributed by atoms with Crippen molar-refractivity contribution in [3.05, 3.63) is 101 Å². The van der Waals surface area contributed by atoms with E-state index in [-0.39, 0.29) is 23.7 Å². The third-order valence-electron chi connectivity index (χ3n) is 7.89. The SMILES string of the molecule is COc1ccc2c(c1)CC[C@@H](CN1CCN(CCOC(c3ccc(F)cc3)c3ccc(F)cc3)CC1)[C@H]2O. The minimum Gasteiger partial charge on any atom is -0.497 e. The van der Waals surface area contributed by atoms with Crippen molar-refractivity contribution in [3.8, 4) is 5.75 Å². The lowest BCUT2D eigenvalue weighted by Crippen LogP contribution is -2.49. The number of halogens is 2. The fourth-order valence-corrected chi connectivity index (χ4v) is 5.64. The van der Waals surface area contributed by atoms with Crippen LogP contribution in [0.25, 0.3) is 0 Å². The number of nitrogens with zero attached hydrogens (tertiary/aromatic N) is 2. The van der Waals surface area contributed by atoms with Crippen molar-refractivity contribution in [1.29, 1.82) is 0 Å². The van der Waals surface area contributed by atoms with Crippen LogP contribution in [0.1, 0.15) is 40.9 Å². The molecule has 5 nitrogen and oxygen atoms in total. The van der Waals surface area contributed by atoms with Crippen molar-refractivity contribution in [1.82, 2.24) is 9.80 Å². The van der Waals surface area contributed by atoms with Gasteiger partial charge in [0.2, 0.25) is 0 Å². The summed E-state index contributed by atoms with van der Waals surface area (Å²) in [6.07, 6.45) is 1.12. The summed E-state index contributed by atoms with van der Waals surface area (Å²) >= 11 is 0. The zero-order valence-electron chi connectivity index (χ0n) is 21.9. The van der Waals surface area contributed by atoms with Gasteiger partial charge in [0.15, 0.2) is 0 Å². The van der Waals surface area contributed by atoms with Gasteiger partial charge >= 0.3 is 0 Å². The molecule has 0 aromatic heterocycles. The number of methoxy groups -OCH3 is 1. The Hall–Kier alpha value is -2.84. The number of aliphatic hydroxyl groups excluding tert-OH is 1. The number of aryl methyl sites for hydroxylation is 1. The molecule has 3 aromatic rings. The molecule has 0 unspecified atom stereocenters. The second-order valence-electron chi connectivity index (χ2n) is 10.3. The van der Waals surface area contributed by atoms with E-state index in [1.54, 1.807) is 31.4 Å². The Morgan fingerprint density at radius 3 is 2.08 bits per heavy atom. The zero-order chi connectivity index (χ0) is 26.5. The quantitative estimate of drug-likeness (QED) is 0.429. The third-order valence-corrected chi connectivity index (χ3v) is 7.89. The molecule has 2 aliphatic rings. The van der Waals surface area contributed by atoms with Gasteiger partial charge < -0.3 is 19.5 Å². The molecule has 0 radical (unpaired) electrons. The first-order valence-electron chi connectivity index (χ1n) is 13.4. The van der Waals surface area contributed by atoms with Crippen LogP contribution < -0.4 is 4.74 Å². The average molecular weight is 523 g/mol. The monoisotopic (exact) mass is 522 g/mol. The molecule has 3 aromatic carbocycles. The molecule has 0 spiro atoms. The van der Waals surface area contributed by atoms with Crippen LogP contribution >= 0.6 is 0 Å². The van der Waals surface area contributed by atoms with Gasteiger partial charge in [0.25, 0.3) is 0 Å². The molecule has 5 rings (SSSR count). The van der Waals surface area contributed by atoms with Gasteiger partial charge in [-0.1, -0.05) is 30.3 Å². The van der Waals surface area contributed by atoms with E-state index in [9.17, 15) is 13.9 Å². The van der Waals surface area contributed by atoms with Gasteiger partial charge in [0.1, 0.15) is 23.5 Å². The summed E-state index contributed by atoms with van der Waals surface area (Å²) in [5.74, 6) is 0.485. The summed E-state index contributed by atoms with van der Waals surface area (Å²) in [5, 5.41) is 11.0. The summed E-state index contributed by atoms with van der Waals surface area (Å²) < 4.78 is 38.6. The van der Waals surface area contributed by atoms with E-state index in [0.29, 0.717) is 6.61 Å². The van der Waals surface area contributed by atoms with Crippen LogP contribution in [0.15, 0.2) is 66.7 Å². The average Bonchev–Trinajstić information content (AvgIpc) is 2.94. The van der Waals surface area contributed by atoms with Gasteiger partial charge in [0, 0.05) is 45.2 Å². The van der Waals surface area contributed by atoms with Crippen LogP contribution in [0.5, 0.6) is 5.75 Å². The summed E-state index contributed by atoms with van der Waals surface area (Å²) in [4.78, 5) is 4.85. The molecule has 202 valence electrons. The smallest absolute Gasteiger partial charge is 0.123 e. The number of piperazine rings is 1. The third kappa shape index (κ3) is 6.41. The molecule has 1 aliphatic heterocycles. The predicted molar refractivity (Wildman–Crippen MR) is 143 cm³/mol. The Morgan fingerprint density at radius 2 is 1.47 bits per heavy atom.